The first-order valence-electron chi connectivity index (χ1n) is 10.2. The number of rotatable bonds is 7. The minimum Gasteiger partial charge on any atom is -0.467 e. The molecule has 4 atom stereocenters. The Balaban J connectivity index is 1.55. The van der Waals surface area contributed by atoms with Gasteiger partial charge < -0.3 is 10.1 Å². The van der Waals surface area contributed by atoms with Gasteiger partial charge in [0.15, 0.2) is 0 Å². The predicted octanol–water partition coefficient (Wildman–Crippen LogP) is 4.08. The second-order valence-electron chi connectivity index (χ2n) is 7.67. The maximum atomic E-state index is 13.3. The molecule has 4 rings (SSSR count). The van der Waals surface area contributed by atoms with Crippen molar-refractivity contribution in [3.05, 3.63) is 108 Å². The van der Waals surface area contributed by atoms with Gasteiger partial charge in [-0.3, -0.25) is 4.79 Å². The monoisotopic (exact) mass is 399 g/mol. The Morgan fingerprint density at radius 3 is 1.73 bits per heavy atom. The third kappa shape index (κ3) is 4.28. The van der Waals surface area contributed by atoms with E-state index in [9.17, 15) is 9.59 Å². The molecule has 4 heteroatoms. The lowest BCUT2D eigenvalue weighted by molar-refractivity contribution is -0.145. The van der Waals surface area contributed by atoms with Crippen molar-refractivity contribution in [2.45, 2.75) is 24.3 Å². The Kier molecular flexibility index (Phi) is 5.94. The third-order valence-corrected chi connectivity index (χ3v) is 5.78. The Bertz CT molecular complexity index is 943. The molecule has 0 spiro atoms. The number of hydrogen-bond donors (Lipinski definition) is 1. The lowest BCUT2D eigenvalue weighted by atomic mass is 10.0. The number of carbonyl (C=O) groups excluding carboxylic acids is 2. The fourth-order valence-electron chi connectivity index (χ4n) is 4.27. The highest BCUT2D eigenvalue weighted by Gasteiger charge is 2.56. The zero-order chi connectivity index (χ0) is 20.9. The van der Waals surface area contributed by atoms with Crippen LogP contribution in [-0.4, -0.2) is 25.0 Å². The van der Waals surface area contributed by atoms with E-state index in [1.54, 1.807) is 0 Å². The predicted molar refractivity (Wildman–Crippen MR) is 116 cm³/mol. The first-order valence-corrected chi connectivity index (χ1v) is 10.2. The number of nitrogens with one attached hydrogen (secondary N) is 1. The van der Waals surface area contributed by atoms with E-state index in [-0.39, 0.29) is 23.7 Å². The number of esters is 1. The van der Waals surface area contributed by atoms with Gasteiger partial charge in [-0.2, -0.15) is 0 Å². The highest BCUT2D eigenvalue weighted by molar-refractivity contribution is 5.89. The first kappa shape index (κ1) is 19.9. The zero-order valence-electron chi connectivity index (χ0n) is 16.9. The zero-order valence-corrected chi connectivity index (χ0v) is 16.9. The molecule has 0 bridgehead atoms. The van der Waals surface area contributed by atoms with Crippen LogP contribution in [0, 0.1) is 5.92 Å². The molecule has 3 aromatic rings. The van der Waals surface area contributed by atoms with E-state index >= 15 is 0 Å². The molecule has 0 saturated heterocycles. The maximum Gasteiger partial charge on any atom is 0.328 e. The van der Waals surface area contributed by atoms with Crippen LogP contribution in [0.3, 0.4) is 0 Å². The minimum atomic E-state index is -0.710. The molecule has 0 heterocycles. The number of amides is 1. The number of ether oxygens (including phenoxy) is 1. The summed E-state index contributed by atoms with van der Waals surface area (Å²) in [5.41, 5.74) is 3.26. The summed E-state index contributed by atoms with van der Waals surface area (Å²) in [6.07, 6.45) is 0.401. The molecule has 1 fully saturated rings. The summed E-state index contributed by atoms with van der Waals surface area (Å²) in [7, 11) is 1.35. The van der Waals surface area contributed by atoms with Crippen LogP contribution in [0.15, 0.2) is 91.0 Å². The lowest BCUT2D eigenvalue weighted by Gasteiger charge is -2.17. The Labute approximate surface area is 176 Å². The van der Waals surface area contributed by atoms with E-state index in [2.05, 4.69) is 29.6 Å². The summed E-state index contributed by atoms with van der Waals surface area (Å²) in [6.45, 7) is 0. The normalized spacial score (nSPS) is 20.8. The number of carbonyl (C=O) groups is 2. The van der Waals surface area contributed by atoms with Gasteiger partial charge >= 0.3 is 5.97 Å². The standard InChI is InChI=1S/C26H25NO3/c1-30-26(29)21(17-18-11-5-2-6-12-18)27-25(28)24-22(19-13-7-3-8-14-19)23(24)20-15-9-4-10-16-20/h2-16,21-24H,17H2,1H3,(H,27,28)/t21-,22-,23+,24?/m0/s1. The Morgan fingerprint density at radius 2 is 1.27 bits per heavy atom. The van der Waals surface area contributed by atoms with Gasteiger partial charge in [0.1, 0.15) is 6.04 Å². The van der Waals surface area contributed by atoms with Gasteiger partial charge in [-0.15, -0.1) is 0 Å². The van der Waals surface area contributed by atoms with Crippen molar-refractivity contribution in [1.82, 2.24) is 5.32 Å². The quantitative estimate of drug-likeness (QED) is 0.609. The summed E-state index contributed by atoms with van der Waals surface area (Å²) in [4.78, 5) is 25.6. The van der Waals surface area contributed by atoms with Crippen LogP contribution in [-0.2, 0) is 20.7 Å². The lowest BCUT2D eigenvalue weighted by Crippen LogP contribution is -2.44. The molecule has 0 aromatic heterocycles. The van der Waals surface area contributed by atoms with Crippen LogP contribution in [0.4, 0.5) is 0 Å². The Hall–Kier alpha value is -3.40. The molecule has 1 N–H and O–H groups in total. The van der Waals surface area contributed by atoms with Crippen LogP contribution >= 0.6 is 0 Å². The summed E-state index contributed by atoms with van der Waals surface area (Å²) in [5.74, 6) is -0.547. The summed E-state index contributed by atoms with van der Waals surface area (Å²) < 4.78 is 4.95. The second kappa shape index (κ2) is 8.95. The fourth-order valence-corrected chi connectivity index (χ4v) is 4.27. The van der Waals surface area contributed by atoms with Crippen LogP contribution in [0.1, 0.15) is 28.5 Å². The molecular formula is C26H25NO3. The van der Waals surface area contributed by atoms with Gasteiger partial charge in [-0.1, -0.05) is 91.0 Å². The highest BCUT2D eigenvalue weighted by atomic mass is 16.5. The molecule has 0 radical (unpaired) electrons. The van der Waals surface area contributed by atoms with E-state index in [0.29, 0.717) is 6.42 Å². The number of methoxy groups -OCH3 is 1. The van der Waals surface area contributed by atoms with Crippen molar-refractivity contribution < 1.29 is 14.3 Å². The second-order valence-corrected chi connectivity index (χ2v) is 7.67. The number of benzene rings is 3. The van der Waals surface area contributed by atoms with Crippen LogP contribution < -0.4 is 5.32 Å². The van der Waals surface area contributed by atoms with Crippen LogP contribution in [0.5, 0.6) is 0 Å². The molecular weight excluding hydrogens is 374 g/mol. The molecule has 1 amide bonds. The van der Waals surface area contributed by atoms with Crippen molar-refractivity contribution in [3.63, 3.8) is 0 Å². The van der Waals surface area contributed by atoms with Crippen molar-refractivity contribution in [1.29, 1.82) is 0 Å². The van der Waals surface area contributed by atoms with Crippen LogP contribution in [0.25, 0.3) is 0 Å². The summed E-state index contributed by atoms with van der Waals surface area (Å²) >= 11 is 0. The smallest absolute Gasteiger partial charge is 0.328 e. The highest BCUT2D eigenvalue weighted by Crippen LogP contribution is 2.60. The van der Waals surface area contributed by atoms with Gasteiger partial charge in [0.05, 0.1) is 13.0 Å². The molecule has 152 valence electrons. The molecule has 1 aliphatic rings. The average Bonchev–Trinajstić information content (AvgIpc) is 3.56. The minimum absolute atomic E-state index is 0.101. The molecule has 1 saturated carbocycles. The van der Waals surface area contributed by atoms with Gasteiger partial charge in [-0.25, -0.2) is 4.79 Å². The SMILES string of the molecule is COC(=O)[C@H](Cc1ccccc1)NC(=O)C1[C@@H](c2ccccc2)[C@H]1c1ccccc1. The van der Waals surface area contributed by atoms with Crippen molar-refractivity contribution in [2.75, 3.05) is 7.11 Å². The van der Waals surface area contributed by atoms with Gasteiger partial charge in [0.25, 0.3) is 0 Å². The molecule has 4 nitrogen and oxygen atoms in total. The number of hydrogen-bond acceptors (Lipinski definition) is 3. The molecule has 30 heavy (non-hydrogen) atoms. The van der Waals surface area contributed by atoms with E-state index in [4.69, 9.17) is 4.74 Å². The summed E-state index contributed by atoms with van der Waals surface area (Å²) in [6, 6.07) is 29.1. The topological polar surface area (TPSA) is 55.4 Å². The largest absolute Gasteiger partial charge is 0.467 e. The van der Waals surface area contributed by atoms with Gasteiger partial charge in [0.2, 0.25) is 5.91 Å². The average molecular weight is 399 g/mol. The van der Waals surface area contributed by atoms with E-state index < -0.39 is 12.0 Å². The van der Waals surface area contributed by atoms with Crippen LogP contribution in [0.2, 0.25) is 0 Å². The van der Waals surface area contributed by atoms with E-state index in [0.717, 1.165) is 16.7 Å². The summed E-state index contributed by atoms with van der Waals surface area (Å²) in [5, 5.41) is 2.96. The van der Waals surface area contributed by atoms with Crippen molar-refractivity contribution in [2.24, 2.45) is 5.92 Å². The molecule has 3 aromatic carbocycles. The van der Waals surface area contributed by atoms with Crippen molar-refractivity contribution >= 4 is 11.9 Å². The first-order chi connectivity index (χ1) is 14.7. The van der Waals surface area contributed by atoms with E-state index in [1.807, 2.05) is 66.7 Å². The molecule has 1 aliphatic carbocycles. The van der Waals surface area contributed by atoms with E-state index in [1.165, 1.54) is 7.11 Å². The van der Waals surface area contributed by atoms with Gasteiger partial charge in [0, 0.05) is 18.3 Å². The third-order valence-electron chi connectivity index (χ3n) is 5.78. The van der Waals surface area contributed by atoms with Crippen molar-refractivity contribution in [3.8, 4) is 0 Å². The maximum absolute atomic E-state index is 13.3. The molecule has 1 unspecified atom stereocenters. The fraction of sp³-hybridized carbons (Fsp3) is 0.231. The Morgan fingerprint density at radius 1 is 0.800 bits per heavy atom. The molecule has 0 aliphatic heterocycles. The van der Waals surface area contributed by atoms with Gasteiger partial charge in [-0.05, 0) is 16.7 Å².